The fraction of sp³-hybridized carbons (Fsp3) is 0.0667. The van der Waals surface area contributed by atoms with Crippen molar-refractivity contribution >= 4 is 5.69 Å². The van der Waals surface area contributed by atoms with Gasteiger partial charge in [0.1, 0.15) is 0 Å². The number of benzene rings is 1. The molecule has 0 atom stereocenters. The molecule has 0 radical (unpaired) electrons. The van der Waals surface area contributed by atoms with Crippen LogP contribution in [0.2, 0.25) is 0 Å². The van der Waals surface area contributed by atoms with Gasteiger partial charge in [0.2, 0.25) is 5.88 Å². The predicted molar refractivity (Wildman–Crippen MR) is 77.8 cm³/mol. The van der Waals surface area contributed by atoms with Gasteiger partial charge in [-0.15, -0.1) is 0 Å². The van der Waals surface area contributed by atoms with E-state index < -0.39 is 0 Å². The van der Waals surface area contributed by atoms with Crippen LogP contribution in [0.15, 0.2) is 55.0 Å². The number of nitrogen functional groups attached to an aromatic ring is 1. The van der Waals surface area contributed by atoms with E-state index in [0.29, 0.717) is 5.88 Å². The SMILES string of the molecule is COc1cc(-n2cc(-c3ccccc3N)cn2)ccn1. The van der Waals surface area contributed by atoms with Gasteiger partial charge in [-0.3, -0.25) is 0 Å². The number of rotatable bonds is 3. The number of ether oxygens (including phenoxy) is 1. The van der Waals surface area contributed by atoms with Crippen molar-refractivity contribution in [3.05, 3.63) is 55.0 Å². The number of pyridine rings is 1. The summed E-state index contributed by atoms with van der Waals surface area (Å²) in [5, 5.41) is 4.36. The minimum atomic E-state index is 0.554. The van der Waals surface area contributed by atoms with Gasteiger partial charge >= 0.3 is 0 Å². The molecule has 0 unspecified atom stereocenters. The van der Waals surface area contributed by atoms with Gasteiger partial charge in [-0.1, -0.05) is 18.2 Å². The summed E-state index contributed by atoms with van der Waals surface area (Å²) >= 11 is 0. The van der Waals surface area contributed by atoms with Gasteiger partial charge in [-0.2, -0.15) is 5.10 Å². The summed E-state index contributed by atoms with van der Waals surface area (Å²) in [5.41, 5.74) is 9.54. The van der Waals surface area contributed by atoms with Gasteiger partial charge < -0.3 is 10.5 Å². The molecular formula is C15H14N4O. The Labute approximate surface area is 116 Å². The first kappa shape index (κ1) is 12.2. The standard InChI is InChI=1S/C15H14N4O/c1-20-15-8-12(6-7-17-15)19-10-11(9-18-19)13-4-2-3-5-14(13)16/h2-10H,16H2,1H3. The molecule has 3 aromatic rings. The maximum atomic E-state index is 5.98. The number of hydrogen-bond acceptors (Lipinski definition) is 4. The zero-order valence-corrected chi connectivity index (χ0v) is 11.0. The Morgan fingerprint density at radius 1 is 1.20 bits per heavy atom. The molecule has 100 valence electrons. The molecular weight excluding hydrogens is 252 g/mol. The highest BCUT2D eigenvalue weighted by atomic mass is 16.5. The summed E-state index contributed by atoms with van der Waals surface area (Å²) in [6.45, 7) is 0. The van der Waals surface area contributed by atoms with E-state index in [1.54, 1.807) is 24.2 Å². The lowest BCUT2D eigenvalue weighted by molar-refractivity contribution is 0.397. The van der Waals surface area contributed by atoms with Gasteiger partial charge in [0, 0.05) is 35.3 Å². The van der Waals surface area contributed by atoms with E-state index >= 15 is 0 Å². The third-order valence-electron chi connectivity index (χ3n) is 3.05. The Morgan fingerprint density at radius 3 is 2.85 bits per heavy atom. The van der Waals surface area contributed by atoms with Crippen molar-refractivity contribution in [3.63, 3.8) is 0 Å². The lowest BCUT2D eigenvalue weighted by Crippen LogP contribution is -1.96. The third-order valence-corrected chi connectivity index (χ3v) is 3.05. The summed E-state index contributed by atoms with van der Waals surface area (Å²) < 4.78 is 6.88. The molecule has 2 aromatic heterocycles. The van der Waals surface area contributed by atoms with Gasteiger partial charge in [0.25, 0.3) is 0 Å². The van der Waals surface area contributed by atoms with Crippen molar-refractivity contribution in [1.29, 1.82) is 0 Å². The number of anilines is 1. The maximum absolute atomic E-state index is 5.98. The fourth-order valence-electron chi connectivity index (χ4n) is 2.02. The monoisotopic (exact) mass is 266 g/mol. The average molecular weight is 266 g/mol. The molecule has 0 aliphatic carbocycles. The number of aromatic nitrogens is 3. The molecule has 0 aliphatic heterocycles. The second-order valence-corrected chi connectivity index (χ2v) is 4.32. The average Bonchev–Trinajstić information content (AvgIpc) is 2.97. The van der Waals surface area contributed by atoms with E-state index in [4.69, 9.17) is 10.5 Å². The van der Waals surface area contributed by atoms with Gasteiger partial charge in [0.05, 0.1) is 19.0 Å². The summed E-state index contributed by atoms with van der Waals surface area (Å²) in [6, 6.07) is 11.4. The van der Waals surface area contributed by atoms with E-state index in [1.807, 2.05) is 42.6 Å². The van der Waals surface area contributed by atoms with Crippen LogP contribution in [0.1, 0.15) is 0 Å². The molecule has 5 nitrogen and oxygen atoms in total. The van der Waals surface area contributed by atoms with Crippen LogP contribution >= 0.6 is 0 Å². The maximum Gasteiger partial charge on any atom is 0.215 e. The largest absolute Gasteiger partial charge is 0.481 e. The first-order valence-corrected chi connectivity index (χ1v) is 6.18. The van der Waals surface area contributed by atoms with Crippen molar-refractivity contribution in [2.24, 2.45) is 0 Å². The highest BCUT2D eigenvalue weighted by Crippen LogP contribution is 2.25. The first-order chi connectivity index (χ1) is 9.78. The number of hydrogen-bond donors (Lipinski definition) is 1. The molecule has 2 heterocycles. The molecule has 0 spiro atoms. The zero-order chi connectivity index (χ0) is 13.9. The van der Waals surface area contributed by atoms with Gasteiger partial charge in [0.15, 0.2) is 0 Å². The van der Waals surface area contributed by atoms with Crippen molar-refractivity contribution in [1.82, 2.24) is 14.8 Å². The van der Waals surface area contributed by atoms with Crippen LogP contribution in [0.4, 0.5) is 5.69 Å². The van der Waals surface area contributed by atoms with Crippen LogP contribution in [0.5, 0.6) is 5.88 Å². The highest BCUT2D eigenvalue weighted by Gasteiger charge is 2.06. The van der Waals surface area contributed by atoms with E-state index in [0.717, 1.165) is 22.5 Å². The normalized spacial score (nSPS) is 10.4. The van der Waals surface area contributed by atoms with E-state index in [2.05, 4.69) is 10.1 Å². The highest BCUT2D eigenvalue weighted by molar-refractivity contribution is 5.75. The second-order valence-electron chi connectivity index (χ2n) is 4.32. The van der Waals surface area contributed by atoms with E-state index in [9.17, 15) is 0 Å². The molecule has 0 saturated carbocycles. The molecule has 0 fully saturated rings. The molecule has 0 aliphatic rings. The number of para-hydroxylation sites is 1. The zero-order valence-electron chi connectivity index (χ0n) is 11.0. The molecule has 20 heavy (non-hydrogen) atoms. The molecule has 0 amide bonds. The van der Waals surface area contributed by atoms with Crippen molar-refractivity contribution < 1.29 is 4.74 Å². The Bertz CT molecular complexity index is 736. The van der Waals surface area contributed by atoms with E-state index in [-0.39, 0.29) is 0 Å². The topological polar surface area (TPSA) is 66.0 Å². The van der Waals surface area contributed by atoms with Crippen molar-refractivity contribution in [2.75, 3.05) is 12.8 Å². The smallest absolute Gasteiger partial charge is 0.215 e. The summed E-state index contributed by atoms with van der Waals surface area (Å²) in [4.78, 5) is 4.08. The Balaban J connectivity index is 2.00. The minimum absolute atomic E-state index is 0.554. The molecule has 0 bridgehead atoms. The molecule has 5 heteroatoms. The van der Waals surface area contributed by atoms with Gasteiger partial charge in [-0.05, 0) is 12.1 Å². The molecule has 3 rings (SSSR count). The Kier molecular flexibility index (Phi) is 3.09. The lowest BCUT2D eigenvalue weighted by atomic mass is 10.1. The van der Waals surface area contributed by atoms with Crippen LogP contribution < -0.4 is 10.5 Å². The van der Waals surface area contributed by atoms with E-state index in [1.165, 1.54) is 0 Å². The lowest BCUT2D eigenvalue weighted by Gasteiger charge is -2.03. The molecule has 1 aromatic carbocycles. The third kappa shape index (κ3) is 2.21. The summed E-state index contributed by atoms with van der Waals surface area (Å²) in [5.74, 6) is 0.554. The van der Waals surface area contributed by atoms with Crippen molar-refractivity contribution in [2.45, 2.75) is 0 Å². The van der Waals surface area contributed by atoms with Crippen LogP contribution in [-0.4, -0.2) is 21.9 Å². The summed E-state index contributed by atoms with van der Waals surface area (Å²) in [7, 11) is 1.59. The minimum Gasteiger partial charge on any atom is -0.481 e. The van der Waals surface area contributed by atoms with Gasteiger partial charge in [-0.25, -0.2) is 9.67 Å². The second kappa shape index (κ2) is 5.05. The fourth-order valence-corrected chi connectivity index (χ4v) is 2.02. The Morgan fingerprint density at radius 2 is 2.05 bits per heavy atom. The van der Waals surface area contributed by atoms with Crippen LogP contribution in [-0.2, 0) is 0 Å². The molecule has 0 saturated heterocycles. The van der Waals surface area contributed by atoms with Crippen LogP contribution in [0.3, 0.4) is 0 Å². The van der Waals surface area contributed by atoms with Crippen LogP contribution in [0.25, 0.3) is 16.8 Å². The number of nitrogens with zero attached hydrogens (tertiary/aromatic N) is 3. The summed E-state index contributed by atoms with van der Waals surface area (Å²) in [6.07, 6.45) is 5.41. The quantitative estimate of drug-likeness (QED) is 0.740. The first-order valence-electron chi connectivity index (χ1n) is 6.18. The predicted octanol–water partition coefficient (Wildman–Crippen LogP) is 2.53. The number of methoxy groups -OCH3 is 1. The van der Waals surface area contributed by atoms with Crippen LogP contribution in [0, 0.1) is 0 Å². The van der Waals surface area contributed by atoms with Crippen molar-refractivity contribution in [3.8, 4) is 22.7 Å². The Hall–Kier alpha value is -2.82. The number of nitrogens with two attached hydrogens (primary N) is 1. The molecule has 2 N–H and O–H groups in total.